The Labute approximate surface area is 209 Å². The molecular weight excluding hydrogens is 460 g/mol. The van der Waals surface area contributed by atoms with Crippen molar-refractivity contribution in [2.75, 3.05) is 43.0 Å². The maximum absolute atomic E-state index is 13.0. The number of benzene rings is 3. The van der Waals surface area contributed by atoms with E-state index in [-0.39, 0.29) is 17.9 Å². The fraction of sp³-hybridized carbons (Fsp3) is 0.259. The molecule has 1 saturated heterocycles. The molecule has 0 aromatic heterocycles. The van der Waals surface area contributed by atoms with Gasteiger partial charge in [0.25, 0.3) is 11.6 Å². The largest absolute Gasteiger partial charge is 0.462 e. The molecule has 4 rings (SSSR count). The number of carbonyl (C=O) groups excluding carboxylic acids is 2. The molecule has 0 aliphatic carbocycles. The Kier molecular flexibility index (Phi) is 7.92. The van der Waals surface area contributed by atoms with Crippen molar-refractivity contribution in [1.82, 2.24) is 4.90 Å². The van der Waals surface area contributed by atoms with Gasteiger partial charge in [0.15, 0.2) is 0 Å². The van der Waals surface area contributed by atoms with Crippen LogP contribution in [0.1, 0.15) is 33.2 Å². The summed E-state index contributed by atoms with van der Waals surface area (Å²) >= 11 is 0. The third-order valence-corrected chi connectivity index (χ3v) is 6.04. The Bertz CT molecular complexity index is 1240. The van der Waals surface area contributed by atoms with Crippen molar-refractivity contribution in [2.24, 2.45) is 0 Å². The number of anilines is 2. The highest BCUT2D eigenvalue weighted by Gasteiger charge is 2.22. The third kappa shape index (κ3) is 6.05. The number of rotatable bonds is 8. The van der Waals surface area contributed by atoms with Crippen LogP contribution in [0, 0.1) is 10.1 Å². The van der Waals surface area contributed by atoms with E-state index in [2.05, 4.69) is 27.2 Å². The van der Waals surface area contributed by atoms with Crippen LogP contribution in [0.3, 0.4) is 0 Å². The minimum absolute atomic E-state index is 0.157. The van der Waals surface area contributed by atoms with Crippen LogP contribution in [0.2, 0.25) is 0 Å². The fourth-order valence-electron chi connectivity index (χ4n) is 4.20. The second-order valence-corrected chi connectivity index (χ2v) is 8.46. The molecule has 0 unspecified atom stereocenters. The molecule has 3 aromatic rings. The SMILES string of the molecule is CCOC(=O)c1ccc(N2CCN(Cc3ccccc3)CC2)c(NC(=O)c2cccc([N+](=O)[O-])c2)c1. The average molecular weight is 489 g/mol. The molecule has 186 valence electrons. The monoisotopic (exact) mass is 488 g/mol. The van der Waals surface area contributed by atoms with Gasteiger partial charge in [-0.25, -0.2) is 4.79 Å². The summed E-state index contributed by atoms with van der Waals surface area (Å²) < 4.78 is 5.12. The van der Waals surface area contributed by atoms with Crippen LogP contribution in [0.4, 0.5) is 17.1 Å². The first-order valence-electron chi connectivity index (χ1n) is 11.8. The van der Waals surface area contributed by atoms with Gasteiger partial charge in [-0.1, -0.05) is 36.4 Å². The molecule has 9 heteroatoms. The summed E-state index contributed by atoms with van der Waals surface area (Å²) in [4.78, 5) is 40.5. The summed E-state index contributed by atoms with van der Waals surface area (Å²) in [6.45, 7) is 5.99. The third-order valence-electron chi connectivity index (χ3n) is 6.04. The fourth-order valence-corrected chi connectivity index (χ4v) is 4.20. The summed E-state index contributed by atoms with van der Waals surface area (Å²) in [5, 5.41) is 14.0. The Morgan fingerprint density at radius 2 is 1.69 bits per heavy atom. The highest BCUT2D eigenvalue weighted by atomic mass is 16.6. The zero-order chi connectivity index (χ0) is 25.5. The topological polar surface area (TPSA) is 105 Å². The first-order valence-corrected chi connectivity index (χ1v) is 11.8. The molecule has 1 aliphatic heterocycles. The van der Waals surface area contributed by atoms with Gasteiger partial charge in [-0.2, -0.15) is 0 Å². The van der Waals surface area contributed by atoms with E-state index in [1.165, 1.54) is 29.8 Å². The molecule has 0 saturated carbocycles. The van der Waals surface area contributed by atoms with Crippen LogP contribution in [0.25, 0.3) is 0 Å². The Hall–Kier alpha value is -4.24. The number of ether oxygens (including phenoxy) is 1. The number of piperazine rings is 1. The predicted octanol–water partition coefficient (Wildman–Crippen LogP) is 4.35. The lowest BCUT2D eigenvalue weighted by Gasteiger charge is -2.37. The first kappa shape index (κ1) is 24.9. The summed E-state index contributed by atoms with van der Waals surface area (Å²) in [7, 11) is 0. The lowest BCUT2D eigenvalue weighted by Crippen LogP contribution is -2.46. The van der Waals surface area contributed by atoms with E-state index in [9.17, 15) is 19.7 Å². The van der Waals surface area contributed by atoms with Crippen molar-refractivity contribution in [2.45, 2.75) is 13.5 Å². The summed E-state index contributed by atoms with van der Waals surface area (Å²) in [5.74, 6) is -0.980. The molecule has 0 radical (unpaired) electrons. The van der Waals surface area contributed by atoms with Gasteiger partial charge in [-0.05, 0) is 36.8 Å². The van der Waals surface area contributed by atoms with Crippen molar-refractivity contribution in [3.05, 3.63) is 99.6 Å². The van der Waals surface area contributed by atoms with Crippen LogP contribution in [0.15, 0.2) is 72.8 Å². The molecule has 0 spiro atoms. The zero-order valence-electron chi connectivity index (χ0n) is 20.1. The summed E-state index contributed by atoms with van der Waals surface area (Å²) in [6.07, 6.45) is 0. The lowest BCUT2D eigenvalue weighted by atomic mass is 10.1. The minimum atomic E-state index is -0.543. The number of nitrogens with one attached hydrogen (secondary N) is 1. The van der Waals surface area contributed by atoms with Crippen LogP contribution in [0.5, 0.6) is 0 Å². The van der Waals surface area contributed by atoms with E-state index in [0.717, 1.165) is 38.4 Å². The maximum Gasteiger partial charge on any atom is 0.338 e. The molecule has 0 atom stereocenters. The van der Waals surface area contributed by atoms with Crippen molar-refractivity contribution in [3.8, 4) is 0 Å². The second-order valence-electron chi connectivity index (χ2n) is 8.46. The van der Waals surface area contributed by atoms with Gasteiger partial charge in [0.2, 0.25) is 0 Å². The van der Waals surface area contributed by atoms with Crippen LogP contribution < -0.4 is 10.2 Å². The van der Waals surface area contributed by atoms with Crippen molar-refractivity contribution < 1.29 is 19.2 Å². The molecule has 9 nitrogen and oxygen atoms in total. The van der Waals surface area contributed by atoms with Gasteiger partial charge in [-0.3, -0.25) is 19.8 Å². The van der Waals surface area contributed by atoms with Crippen LogP contribution >= 0.6 is 0 Å². The van der Waals surface area contributed by atoms with E-state index in [1.54, 1.807) is 19.1 Å². The Balaban J connectivity index is 1.54. The molecule has 1 aliphatic rings. The van der Waals surface area contributed by atoms with Gasteiger partial charge >= 0.3 is 5.97 Å². The van der Waals surface area contributed by atoms with E-state index in [1.807, 2.05) is 24.3 Å². The quantitative estimate of drug-likeness (QED) is 0.286. The highest BCUT2D eigenvalue weighted by molar-refractivity contribution is 6.07. The number of nitrogens with zero attached hydrogens (tertiary/aromatic N) is 3. The van der Waals surface area contributed by atoms with Gasteiger partial charge in [-0.15, -0.1) is 0 Å². The molecule has 0 bridgehead atoms. The highest BCUT2D eigenvalue weighted by Crippen LogP contribution is 2.30. The molecular formula is C27H28N4O5. The molecule has 36 heavy (non-hydrogen) atoms. The minimum Gasteiger partial charge on any atom is -0.462 e. The van der Waals surface area contributed by atoms with Gasteiger partial charge in [0, 0.05) is 50.4 Å². The Morgan fingerprint density at radius 1 is 0.944 bits per heavy atom. The molecule has 1 N–H and O–H groups in total. The van der Waals surface area contributed by atoms with E-state index in [4.69, 9.17) is 4.74 Å². The van der Waals surface area contributed by atoms with Gasteiger partial charge < -0.3 is 15.0 Å². The number of nitro groups is 1. The number of nitro benzene ring substituents is 1. The molecule has 1 heterocycles. The second kappa shape index (κ2) is 11.5. The molecule has 1 amide bonds. The maximum atomic E-state index is 13.0. The first-order chi connectivity index (χ1) is 17.4. The van der Waals surface area contributed by atoms with Gasteiger partial charge in [0.05, 0.1) is 28.5 Å². The van der Waals surface area contributed by atoms with E-state index in [0.29, 0.717) is 11.3 Å². The standard InChI is InChI=1S/C27H28N4O5/c1-2-36-27(33)22-11-12-25(30-15-13-29(14-16-30)19-20-7-4-3-5-8-20)24(18-22)28-26(32)21-9-6-10-23(17-21)31(34)35/h3-12,17-18H,2,13-16,19H2,1H3,(H,28,32). The zero-order valence-corrected chi connectivity index (χ0v) is 20.1. The normalized spacial score (nSPS) is 13.8. The number of hydrogen-bond donors (Lipinski definition) is 1. The number of esters is 1. The molecule has 3 aromatic carbocycles. The van der Waals surface area contributed by atoms with Crippen LogP contribution in [-0.4, -0.2) is 54.5 Å². The van der Waals surface area contributed by atoms with E-state index < -0.39 is 16.8 Å². The van der Waals surface area contributed by atoms with Gasteiger partial charge in [0.1, 0.15) is 0 Å². The number of carbonyl (C=O) groups is 2. The lowest BCUT2D eigenvalue weighted by molar-refractivity contribution is -0.384. The van der Waals surface area contributed by atoms with E-state index >= 15 is 0 Å². The van der Waals surface area contributed by atoms with Crippen LogP contribution in [-0.2, 0) is 11.3 Å². The molecule has 1 fully saturated rings. The Morgan fingerprint density at radius 3 is 2.39 bits per heavy atom. The number of non-ortho nitro benzene ring substituents is 1. The average Bonchev–Trinajstić information content (AvgIpc) is 2.90. The smallest absolute Gasteiger partial charge is 0.338 e. The van der Waals surface area contributed by atoms with Crippen molar-refractivity contribution >= 4 is 28.9 Å². The predicted molar refractivity (Wildman–Crippen MR) is 137 cm³/mol. The summed E-state index contributed by atoms with van der Waals surface area (Å²) in [6, 6.07) is 20.9. The number of amides is 1. The number of hydrogen-bond acceptors (Lipinski definition) is 7. The van der Waals surface area contributed by atoms with Crippen molar-refractivity contribution in [3.63, 3.8) is 0 Å². The van der Waals surface area contributed by atoms with Crippen molar-refractivity contribution in [1.29, 1.82) is 0 Å². The summed E-state index contributed by atoms with van der Waals surface area (Å²) in [5.41, 5.74) is 2.80.